The van der Waals surface area contributed by atoms with Crippen molar-refractivity contribution in [2.24, 2.45) is 5.41 Å². The Morgan fingerprint density at radius 2 is 1.88 bits per heavy atom. The zero-order valence-corrected chi connectivity index (χ0v) is 11.5. The van der Waals surface area contributed by atoms with Crippen LogP contribution in [-0.4, -0.2) is 38.5 Å². The molecule has 3 unspecified atom stereocenters. The van der Waals surface area contributed by atoms with Crippen LogP contribution >= 0.6 is 0 Å². The van der Waals surface area contributed by atoms with Gasteiger partial charge in [-0.25, -0.2) is 0 Å². The van der Waals surface area contributed by atoms with E-state index in [4.69, 9.17) is 9.47 Å². The summed E-state index contributed by atoms with van der Waals surface area (Å²) in [5, 5.41) is 3.46. The van der Waals surface area contributed by atoms with Crippen LogP contribution in [0.2, 0.25) is 0 Å². The molecule has 3 atom stereocenters. The molecule has 0 bridgehead atoms. The van der Waals surface area contributed by atoms with Crippen molar-refractivity contribution in [3.8, 4) is 0 Å². The first-order valence-corrected chi connectivity index (χ1v) is 7.01. The minimum absolute atomic E-state index is 0.262. The predicted octanol–water partition coefficient (Wildman–Crippen LogP) is 2.35. The van der Waals surface area contributed by atoms with Crippen molar-refractivity contribution in [1.82, 2.24) is 5.32 Å². The van der Waals surface area contributed by atoms with Crippen molar-refractivity contribution >= 4 is 0 Å². The standard InChI is InChI=1S/C14H27NO2/c1-14(2)10-15-8-7-13(14)17-12-6-4-5-11(9-12)16-3/h11-13,15H,4-10H2,1-3H3. The Morgan fingerprint density at radius 1 is 1.12 bits per heavy atom. The van der Waals surface area contributed by atoms with E-state index < -0.39 is 0 Å². The summed E-state index contributed by atoms with van der Waals surface area (Å²) in [6.07, 6.45) is 7.11. The summed E-state index contributed by atoms with van der Waals surface area (Å²) in [7, 11) is 1.82. The van der Waals surface area contributed by atoms with Gasteiger partial charge >= 0.3 is 0 Å². The maximum absolute atomic E-state index is 6.36. The first-order valence-electron chi connectivity index (χ1n) is 7.01. The van der Waals surface area contributed by atoms with Crippen LogP contribution in [0.5, 0.6) is 0 Å². The molecule has 1 saturated carbocycles. The topological polar surface area (TPSA) is 30.5 Å². The van der Waals surface area contributed by atoms with E-state index in [0.29, 0.717) is 18.3 Å². The predicted molar refractivity (Wildman–Crippen MR) is 69.2 cm³/mol. The lowest BCUT2D eigenvalue weighted by molar-refractivity contribution is -0.113. The van der Waals surface area contributed by atoms with Gasteiger partial charge in [0.2, 0.25) is 0 Å². The van der Waals surface area contributed by atoms with E-state index in [2.05, 4.69) is 19.2 Å². The number of ether oxygens (including phenoxy) is 2. The second kappa shape index (κ2) is 5.68. The van der Waals surface area contributed by atoms with E-state index >= 15 is 0 Å². The van der Waals surface area contributed by atoms with Gasteiger partial charge in [-0.2, -0.15) is 0 Å². The minimum atomic E-state index is 0.262. The number of rotatable bonds is 3. The fraction of sp³-hybridized carbons (Fsp3) is 1.00. The van der Waals surface area contributed by atoms with Crippen molar-refractivity contribution in [2.45, 2.75) is 64.3 Å². The molecule has 0 spiro atoms. The summed E-state index contributed by atoms with van der Waals surface area (Å²) in [5.74, 6) is 0. The smallest absolute Gasteiger partial charge is 0.0654 e. The van der Waals surface area contributed by atoms with Gasteiger partial charge in [-0.3, -0.25) is 0 Å². The third-order valence-electron chi connectivity index (χ3n) is 4.30. The summed E-state index contributed by atoms with van der Waals surface area (Å²) in [6.45, 7) is 6.77. The van der Waals surface area contributed by atoms with Gasteiger partial charge < -0.3 is 14.8 Å². The van der Waals surface area contributed by atoms with Gasteiger partial charge in [0.05, 0.1) is 18.3 Å². The van der Waals surface area contributed by atoms with Gasteiger partial charge in [0, 0.05) is 19.1 Å². The minimum Gasteiger partial charge on any atom is -0.381 e. The van der Waals surface area contributed by atoms with Crippen molar-refractivity contribution in [3.05, 3.63) is 0 Å². The highest BCUT2D eigenvalue weighted by atomic mass is 16.5. The van der Waals surface area contributed by atoms with Gasteiger partial charge in [-0.15, -0.1) is 0 Å². The van der Waals surface area contributed by atoms with Gasteiger partial charge in [-0.1, -0.05) is 13.8 Å². The lowest BCUT2D eigenvalue weighted by atomic mass is 9.81. The maximum atomic E-state index is 6.36. The number of nitrogens with one attached hydrogen (secondary N) is 1. The van der Waals surface area contributed by atoms with E-state index in [1.807, 2.05) is 7.11 Å². The molecule has 3 nitrogen and oxygen atoms in total. The summed E-state index contributed by atoms with van der Waals surface area (Å²) in [6, 6.07) is 0. The molecular formula is C14H27NO2. The second-order valence-corrected chi connectivity index (χ2v) is 6.23. The van der Waals surface area contributed by atoms with E-state index in [1.165, 1.54) is 19.3 Å². The van der Waals surface area contributed by atoms with E-state index in [0.717, 1.165) is 25.9 Å². The molecule has 0 aromatic rings. The Labute approximate surface area is 105 Å². The molecule has 1 heterocycles. The van der Waals surface area contributed by atoms with Crippen LogP contribution in [0.25, 0.3) is 0 Å². The molecule has 3 heteroatoms. The lowest BCUT2D eigenvalue weighted by Gasteiger charge is -2.42. The third-order valence-corrected chi connectivity index (χ3v) is 4.30. The maximum Gasteiger partial charge on any atom is 0.0654 e. The summed E-state index contributed by atoms with van der Waals surface area (Å²) in [5.41, 5.74) is 0.262. The van der Waals surface area contributed by atoms with Crippen LogP contribution in [-0.2, 0) is 9.47 Å². The highest BCUT2D eigenvalue weighted by Crippen LogP contribution is 2.32. The highest BCUT2D eigenvalue weighted by Gasteiger charge is 2.35. The summed E-state index contributed by atoms with van der Waals surface area (Å²) < 4.78 is 11.8. The SMILES string of the molecule is COC1CCCC(OC2CCNCC2(C)C)C1. The van der Waals surface area contributed by atoms with Crippen molar-refractivity contribution in [2.75, 3.05) is 20.2 Å². The quantitative estimate of drug-likeness (QED) is 0.822. The number of methoxy groups -OCH3 is 1. The number of hydrogen-bond acceptors (Lipinski definition) is 3. The lowest BCUT2D eigenvalue weighted by Crippen LogP contribution is -2.49. The van der Waals surface area contributed by atoms with Crippen LogP contribution < -0.4 is 5.32 Å². The zero-order chi connectivity index (χ0) is 12.3. The third kappa shape index (κ3) is 3.43. The first-order chi connectivity index (χ1) is 8.12. The monoisotopic (exact) mass is 241 g/mol. The molecule has 1 saturated heterocycles. The van der Waals surface area contributed by atoms with Crippen LogP contribution in [0.15, 0.2) is 0 Å². The normalized spacial score (nSPS) is 37.9. The number of piperidine rings is 1. The van der Waals surface area contributed by atoms with E-state index in [1.54, 1.807) is 0 Å². The van der Waals surface area contributed by atoms with Crippen LogP contribution in [0, 0.1) is 5.41 Å². The van der Waals surface area contributed by atoms with Crippen LogP contribution in [0.3, 0.4) is 0 Å². The highest BCUT2D eigenvalue weighted by molar-refractivity contribution is 4.88. The fourth-order valence-electron chi connectivity index (χ4n) is 3.07. The van der Waals surface area contributed by atoms with E-state index in [9.17, 15) is 0 Å². The Balaban J connectivity index is 1.86. The van der Waals surface area contributed by atoms with Crippen molar-refractivity contribution in [1.29, 1.82) is 0 Å². The van der Waals surface area contributed by atoms with Gasteiger partial charge in [0.15, 0.2) is 0 Å². The molecule has 1 aliphatic carbocycles. The van der Waals surface area contributed by atoms with Crippen molar-refractivity contribution in [3.63, 3.8) is 0 Å². The average molecular weight is 241 g/mol. The Bertz CT molecular complexity index is 242. The Morgan fingerprint density at radius 3 is 2.59 bits per heavy atom. The largest absolute Gasteiger partial charge is 0.381 e. The van der Waals surface area contributed by atoms with Crippen LogP contribution in [0.1, 0.15) is 46.0 Å². The van der Waals surface area contributed by atoms with Gasteiger partial charge in [0.25, 0.3) is 0 Å². The van der Waals surface area contributed by atoms with Crippen molar-refractivity contribution < 1.29 is 9.47 Å². The zero-order valence-electron chi connectivity index (χ0n) is 11.5. The molecule has 1 aliphatic heterocycles. The molecule has 100 valence electrons. The molecule has 0 amide bonds. The Kier molecular flexibility index (Phi) is 4.45. The molecular weight excluding hydrogens is 214 g/mol. The summed E-state index contributed by atoms with van der Waals surface area (Å²) in [4.78, 5) is 0. The molecule has 1 N–H and O–H groups in total. The molecule has 0 radical (unpaired) electrons. The molecule has 17 heavy (non-hydrogen) atoms. The molecule has 0 aromatic heterocycles. The molecule has 2 fully saturated rings. The van der Waals surface area contributed by atoms with Crippen LogP contribution in [0.4, 0.5) is 0 Å². The summed E-state index contributed by atoms with van der Waals surface area (Å²) >= 11 is 0. The second-order valence-electron chi connectivity index (χ2n) is 6.23. The van der Waals surface area contributed by atoms with E-state index in [-0.39, 0.29) is 5.41 Å². The van der Waals surface area contributed by atoms with Gasteiger partial charge in [-0.05, 0) is 38.6 Å². The Hall–Kier alpha value is -0.120. The molecule has 2 aliphatic rings. The molecule has 2 rings (SSSR count). The van der Waals surface area contributed by atoms with Gasteiger partial charge in [0.1, 0.15) is 0 Å². The average Bonchev–Trinajstić information content (AvgIpc) is 2.32. The first kappa shape index (κ1) is 13.3. The fourth-order valence-corrected chi connectivity index (χ4v) is 3.07. The number of hydrogen-bond donors (Lipinski definition) is 1. The molecule has 0 aromatic carbocycles.